The molecule has 3 aromatic rings. The second kappa shape index (κ2) is 6.17. The first-order valence-corrected chi connectivity index (χ1v) is 10.4. The second-order valence-electron chi connectivity index (χ2n) is 7.54. The summed E-state index contributed by atoms with van der Waals surface area (Å²) in [7, 11) is 0. The average molecular weight is 518 g/mol. The highest BCUT2D eigenvalue weighted by Gasteiger charge is 2.48. The van der Waals surface area contributed by atoms with Gasteiger partial charge < -0.3 is 18.8 Å². The Balaban J connectivity index is 1.60. The summed E-state index contributed by atoms with van der Waals surface area (Å²) in [6, 6.07) is 7.63. The number of hydrogen-bond acceptors (Lipinski definition) is 7. The fourth-order valence-corrected chi connectivity index (χ4v) is 5.22. The predicted octanol–water partition coefficient (Wildman–Crippen LogP) is 3.18. The summed E-state index contributed by atoms with van der Waals surface area (Å²) in [4.78, 5) is 30.7. The molecule has 0 bridgehead atoms. The number of carbonyl (C=O) groups excluding carboxylic acids is 1. The van der Waals surface area contributed by atoms with Gasteiger partial charge in [-0.2, -0.15) is 0 Å². The molecule has 1 aromatic carbocycles. The maximum Gasteiger partial charge on any atom is 0.344 e. The van der Waals surface area contributed by atoms with E-state index in [-0.39, 0.29) is 19.0 Å². The van der Waals surface area contributed by atoms with E-state index >= 15 is 0 Å². The van der Waals surface area contributed by atoms with Gasteiger partial charge in [0.15, 0.2) is 11.5 Å². The molecule has 2 aromatic heterocycles. The van der Waals surface area contributed by atoms with Crippen LogP contribution in [-0.4, -0.2) is 22.3 Å². The van der Waals surface area contributed by atoms with E-state index in [2.05, 4.69) is 0 Å². The summed E-state index contributed by atoms with van der Waals surface area (Å²) < 4.78 is 23.5. The molecule has 0 N–H and O–H groups in total. The van der Waals surface area contributed by atoms with Crippen LogP contribution >= 0.6 is 23.0 Å². The van der Waals surface area contributed by atoms with Crippen molar-refractivity contribution in [2.45, 2.75) is 32.1 Å². The Morgan fingerprint density at radius 1 is 1.17 bits per heavy atom. The minimum atomic E-state index is -1.30. The van der Waals surface area contributed by atoms with E-state index in [0.717, 1.165) is 22.2 Å². The quantitative estimate of drug-likeness (QED) is 0.298. The van der Waals surface area contributed by atoms with Crippen LogP contribution in [0.2, 0.25) is 0 Å². The number of esters is 1. The van der Waals surface area contributed by atoms with Crippen LogP contribution in [0.4, 0.5) is 0 Å². The lowest BCUT2D eigenvalue weighted by Gasteiger charge is -2.33. The van der Waals surface area contributed by atoms with Crippen LogP contribution < -0.4 is 15.0 Å². The molecule has 0 unspecified atom stereocenters. The fourth-order valence-electron chi connectivity index (χ4n) is 4.49. The summed E-state index contributed by atoms with van der Waals surface area (Å²) in [6.07, 6.45) is 0.353. The molecule has 3 aliphatic heterocycles. The van der Waals surface area contributed by atoms with Gasteiger partial charge in [0.2, 0.25) is 12.4 Å². The van der Waals surface area contributed by atoms with Crippen LogP contribution in [0.15, 0.2) is 29.1 Å². The van der Waals surface area contributed by atoms with Gasteiger partial charge in [-0.15, -0.1) is 0 Å². The third-order valence-electron chi connectivity index (χ3n) is 6.10. The Morgan fingerprint density at radius 2 is 1.97 bits per heavy atom. The molecular formula is C21H15IN2O6. The molecule has 0 saturated carbocycles. The van der Waals surface area contributed by atoms with Gasteiger partial charge in [-0.3, -0.25) is 7.86 Å². The number of aromatic nitrogens is 2. The molecule has 6 rings (SSSR count). The lowest BCUT2D eigenvalue weighted by molar-refractivity contribution is -0.165. The summed E-state index contributed by atoms with van der Waals surface area (Å²) >= 11 is 1.71. The number of fused-ring (bicyclic) bond motifs is 6. The first-order chi connectivity index (χ1) is 14.6. The van der Waals surface area contributed by atoms with Crippen molar-refractivity contribution in [3.05, 3.63) is 51.3 Å². The number of rotatable bonds is 2. The third-order valence-corrected chi connectivity index (χ3v) is 6.85. The maximum absolute atomic E-state index is 13.3. The zero-order chi connectivity index (χ0) is 20.6. The van der Waals surface area contributed by atoms with E-state index < -0.39 is 11.6 Å². The lowest BCUT2D eigenvalue weighted by atomic mass is 9.86. The molecule has 1 atom stereocenters. The molecule has 0 fully saturated rings. The Kier molecular flexibility index (Phi) is 3.73. The van der Waals surface area contributed by atoms with E-state index in [0.29, 0.717) is 41.3 Å². The maximum atomic E-state index is 13.3. The molecular weight excluding hydrogens is 503 g/mol. The highest BCUT2D eigenvalue weighted by Crippen LogP contribution is 2.43. The smallest absolute Gasteiger partial charge is 0.344 e. The molecule has 8 nitrogen and oxygen atoms in total. The normalized spacial score (nSPS) is 20.7. The molecule has 5 heterocycles. The van der Waals surface area contributed by atoms with Crippen molar-refractivity contribution < 1.29 is 22.1 Å². The number of hydrogen-bond donors (Lipinski definition) is 0. The number of ether oxygens (including phenoxy) is 3. The Morgan fingerprint density at radius 3 is 2.73 bits per heavy atom. The van der Waals surface area contributed by atoms with Crippen LogP contribution in [0.1, 0.15) is 30.0 Å². The Labute approximate surface area is 184 Å². The van der Waals surface area contributed by atoms with Gasteiger partial charge in [-0.05, 0) is 24.6 Å². The van der Waals surface area contributed by atoms with Crippen LogP contribution in [0.25, 0.3) is 22.3 Å². The molecule has 0 spiro atoms. The molecule has 0 amide bonds. The highest BCUT2D eigenvalue weighted by atomic mass is 127. The number of pyridine rings is 2. The number of carbonyl (C=O) groups is 1. The van der Waals surface area contributed by atoms with Crippen LogP contribution in [-0.2, 0) is 31.4 Å². The minimum absolute atomic E-state index is 0.0534. The molecule has 0 radical (unpaired) electrons. The number of cyclic esters (lactones) is 1. The SMILES string of the molecule is CC[C@@]1(OI)C(=O)OCc2c1cc1n(c2=O)Cc2cc3cc4c(cc3nc2-1)OCO4. The van der Waals surface area contributed by atoms with Crippen molar-refractivity contribution >= 4 is 39.9 Å². The van der Waals surface area contributed by atoms with Crippen LogP contribution in [0.5, 0.6) is 11.5 Å². The van der Waals surface area contributed by atoms with E-state index in [1.54, 1.807) is 27.6 Å². The van der Waals surface area contributed by atoms with Gasteiger partial charge in [-0.25, -0.2) is 9.78 Å². The molecule has 3 aliphatic rings. The van der Waals surface area contributed by atoms with E-state index in [1.165, 1.54) is 0 Å². The zero-order valence-electron chi connectivity index (χ0n) is 15.9. The monoisotopic (exact) mass is 518 g/mol. The zero-order valence-corrected chi connectivity index (χ0v) is 18.0. The first-order valence-electron chi connectivity index (χ1n) is 9.53. The van der Waals surface area contributed by atoms with Crippen molar-refractivity contribution in [2.75, 3.05) is 6.79 Å². The molecule has 152 valence electrons. The van der Waals surface area contributed by atoms with Crippen molar-refractivity contribution in [3.8, 4) is 22.9 Å². The fraction of sp³-hybridized carbons (Fsp3) is 0.286. The largest absolute Gasteiger partial charge is 0.458 e. The van der Waals surface area contributed by atoms with Crippen molar-refractivity contribution in [2.24, 2.45) is 0 Å². The number of halogens is 1. The lowest BCUT2D eigenvalue weighted by Crippen LogP contribution is -2.44. The predicted molar refractivity (Wildman–Crippen MR) is 114 cm³/mol. The van der Waals surface area contributed by atoms with Crippen molar-refractivity contribution in [3.63, 3.8) is 0 Å². The van der Waals surface area contributed by atoms with E-state index in [4.69, 9.17) is 22.3 Å². The highest BCUT2D eigenvalue weighted by molar-refractivity contribution is 14.1. The van der Waals surface area contributed by atoms with Gasteiger partial charge in [-0.1, -0.05) is 6.92 Å². The Hall–Kier alpha value is -2.66. The summed E-state index contributed by atoms with van der Waals surface area (Å²) in [5.41, 5.74) is 2.62. The molecule has 0 aliphatic carbocycles. The topological polar surface area (TPSA) is 88.9 Å². The number of benzene rings is 1. The first kappa shape index (κ1) is 18.1. The Bertz CT molecular complexity index is 1330. The van der Waals surface area contributed by atoms with E-state index in [9.17, 15) is 9.59 Å². The second-order valence-corrected chi connectivity index (χ2v) is 7.98. The van der Waals surface area contributed by atoms with Crippen LogP contribution in [0.3, 0.4) is 0 Å². The van der Waals surface area contributed by atoms with Gasteiger partial charge in [0, 0.05) is 22.6 Å². The third kappa shape index (κ3) is 2.21. The molecule has 0 saturated heterocycles. The minimum Gasteiger partial charge on any atom is -0.458 e. The summed E-state index contributed by atoms with van der Waals surface area (Å²) in [5.74, 6) is 0.866. The molecule has 30 heavy (non-hydrogen) atoms. The standard InChI is InChI=1S/C21H15IN2O6/c1-2-21(30-22)13-5-15-18-11(7-24(15)19(25)12(13)8-27-20(21)26)3-10-4-16-17(29-9-28-16)6-14(10)23-18/h3-6H,2,7-9H2,1H3/t21-/m0/s1. The van der Waals surface area contributed by atoms with Gasteiger partial charge in [0.25, 0.3) is 5.56 Å². The van der Waals surface area contributed by atoms with Gasteiger partial charge >= 0.3 is 5.97 Å². The van der Waals surface area contributed by atoms with Crippen LogP contribution in [0, 0.1) is 0 Å². The number of nitrogens with zero attached hydrogens (tertiary/aromatic N) is 2. The van der Waals surface area contributed by atoms with Gasteiger partial charge in [0.1, 0.15) is 29.6 Å². The average Bonchev–Trinajstić information content (AvgIpc) is 3.35. The molecule has 9 heteroatoms. The van der Waals surface area contributed by atoms with E-state index in [1.807, 2.05) is 31.2 Å². The summed E-state index contributed by atoms with van der Waals surface area (Å²) in [5, 5.41) is 0.917. The van der Waals surface area contributed by atoms with Crippen molar-refractivity contribution in [1.82, 2.24) is 9.55 Å². The van der Waals surface area contributed by atoms with Gasteiger partial charge in [0.05, 0.1) is 29.0 Å². The van der Waals surface area contributed by atoms with Crippen molar-refractivity contribution in [1.29, 1.82) is 0 Å². The summed E-state index contributed by atoms with van der Waals surface area (Å²) in [6.45, 7) is 2.39.